The highest BCUT2D eigenvalue weighted by Gasteiger charge is 2.21. The monoisotopic (exact) mass is 436 g/mol. The van der Waals surface area contributed by atoms with Gasteiger partial charge in [0.25, 0.3) is 5.91 Å². The third kappa shape index (κ3) is 5.00. The predicted octanol–water partition coefficient (Wildman–Crippen LogP) is 4.85. The van der Waals surface area contributed by atoms with Gasteiger partial charge >= 0.3 is 0 Å². The van der Waals surface area contributed by atoms with Gasteiger partial charge in [-0.2, -0.15) is 5.10 Å². The van der Waals surface area contributed by atoms with Gasteiger partial charge in [-0.3, -0.25) is 9.69 Å². The number of nitrogens with zero attached hydrogens (tertiary/aromatic N) is 3. The quantitative estimate of drug-likeness (QED) is 0.622. The van der Waals surface area contributed by atoms with Gasteiger partial charge in [0.15, 0.2) is 0 Å². The highest BCUT2D eigenvalue weighted by Crippen LogP contribution is 2.22. The maximum Gasteiger partial charge on any atom is 0.251 e. The van der Waals surface area contributed by atoms with E-state index in [1.807, 2.05) is 42.8 Å². The number of aromatic nitrogens is 2. The minimum atomic E-state index is -0.0184. The number of nitrogens with one attached hydrogen (secondary N) is 1. The highest BCUT2D eigenvalue weighted by molar-refractivity contribution is 6.31. The molecule has 1 saturated heterocycles. The van der Waals surface area contributed by atoms with E-state index in [-0.39, 0.29) is 11.9 Å². The topological polar surface area (TPSA) is 50.2 Å². The highest BCUT2D eigenvalue weighted by atomic mass is 35.5. The number of piperidine rings is 1. The number of amides is 1. The molecule has 6 heteroatoms. The maximum atomic E-state index is 12.7. The number of hydrogen-bond acceptors (Lipinski definition) is 3. The molecule has 1 aliphatic heterocycles. The Labute approximate surface area is 189 Å². The molecule has 0 atom stereocenters. The molecular weight excluding hydrogens is 408 g/mol. The molecule has 1 fully saturated rings. The van der Waals surface area contributed by atoms with Crippen molar-refractivity contribution in [2.75, 3.05) is 13.1 Å². The van der Waals surface area contributed by atoms with E-state index in [9.17, 15) is 4.79 Å². The van der Waals surface area contributed by atoms with Crippen LogP contribution >= 0.6 is 11.6 Å². The molecule has 1 aliphatic rings. The molecule has 0 radical (unpaired) electrons. The van der Waals surface area contributed by atoms with Crippen LogP contribution in [0.15, 0.2) is 48.5 Å². The second kappa shape index (κ2) is 9.25. The average molecular weight is 437 g/mol. The number of hydrogen-bond donors (Lipinski definition) is 1. The van der Waals surface area contributed by atoms with Crippen molar-refractivity contribution in [3.8, 4) is 5.69 Å². The molecule has 0 unspecified atom stereocenters. The molecule has 4 rings (SSSR count). The first-order chi connectivity index (χ1) is 14.9. The van der Waals surface area contributed by atoms with Crippen LogP contribution in [0, 0.1) is 20.8 Å². The second-order valence-electron chi connectivity index (χ2n) is 8.46. The zero-order valence-corrected chi connectivity index (χ0v) is 19.1. The lowest BCUT2D eigenvalue weighted by molar-refractivity contribution is 0.0909. The Bertz CT molecular complexity index is 1070. The fraction of sp³-hybridized carbons (Fsp3) is 0.360. The van der Waals surface area contributed by atoms with Crippen molar-refractivity contribution in [2.45, 2.75) is 46.2 Å². The number of benzene rings is 2. The first-order valence-corrected chi connectivity index (χ1v) is 11.2. The summed E-state index contributed by atoms with van der Waals surface area (Å²) < 4.78 is 1.81. The molecular formula is C25H29ClN4O. The van der Waals surface area contributed by atoms with E-state index in [0.717, 1.165) is 49.6 Å². The van der Waals surface area contributed by atoms with Crippen molar-refractivity contribution in [2.24, 2.45) is 0 Å². The lowest BCUT2D eigenvalue weighted by Gasteiger charge is -2.32. The Balaban J connectivity index is 1.31. The van der Waals surface area contributed by atoms with Gasteiger partial charge in [0.2, 0.25) is 0 Å². The van der Waals surface area contributed by atoms with E-state index in [1.165, 1.54) is 11.1 Å². The third-order valence-electron chi connectivity index (χ3n) is 5.99. The van der Waals surface area contributed by atoms with E-state index in [4.69, 9.17) is 11.6 Å². The zero-order chi connectivity index (χ0) is 22.0. The second-order valence-corrected chi connectivity index (χ2v) is 8.83. The molecule has 0 spiro atoms. The summed E-state index contributed by atoms with van der Waals surface area (Å²) in [5.41, 5.74) is 5.91. The van der Waals surface area contributed by atoms with Gasteiger partial charge in [-0.25, -0.2) is 4.68 Å². The van der Waals surface area contributed by atoms with Crippen LogP contribution in [-0.2, 0) is 6.54 Å². The lowest BCUT2D eigenvalue weighted by Crippen LogP contribution is -2.44. The summed E-state index contributed by atoms with van der Waals surface area (Å²) in [6.07, 6.45) is 1.94. The van der Waals surface area contributed by atoms with Crippen LogP contribution in [0.1, 0.15) is 45.7 Å². The molecule has 1 N–H and O–H groups in total. The summed E-state index contributed by atoms with van der Waals surface area (Å²) >= 11 is 6.25. The SMILES string of the molecule is Cc1cccc(CN2CCC(NC(=O)c3ccc(-n4nc(C)c(Cl)c4C)cc3)CC2)c1. The average Bonchev–Trinajstić information content (AvgIpc) is 3.02. The summed E-state index contributed by atoms with van der Waals surface area (Å²) in [5.74, 6) is -0.0184. The number of carbonyl (C=O) groups excluding carboxylic acids is 1. The van der Waals surface area contributed by atoms with Gasteiger partial charge in [-0.05, 0) is 63.4 Å². The van der Waals surface area contributed by atoms with E-state index in [2.05, 4.69) is 46.5 Å². The summed E-state index contributed by atoms with van der Waals surface area (Å²) in [6.45, 7) is 8.92. The van der Waals surface area contributed by atoms with Crippen molar-refractivity contribution in [3.05, 3.63) is 81.6 Å². The minimum Gasteiger partial charge on any atom is -0.349 e. The largest absolute Gasteiger partial charge is 0.349 e. The zero-order valence-electron chi connectivity index (χ0n) is 18.4. The van der Waals surface area contributed by atoms with Crippen molar-refractivity contribution in [1.29, 1.82) is 0 Å². The molecule has 1 aromatic heterocycles. The first kappa shape index (κ1) is 21.6. The lowest BCUT2D eigenvalue weighted by atomic mass is 10.0. The first-order valence-electron chi connectivity index (χ1n) is 10.8. The van der Waals surface area contributed by atoms with Gasteiger partial charge in [-0.1, -0.05) is 41.4 Å². The van der Waals surface area contributed by atoms with Crippen LogP contribution in [0.3, 0.4) is 0 Å². The number of aryl methyl sites for hydroxylation is 2. The Morgan fingerprint density at radius 3 is 2.42 bits per heavy atom. The Morgan fingerprint density at radius 1 is 1.10 bits per heavy atom. The molecule has 1 amide bonds. The van der Waals surface area contributed by atoms with Crippen LogP contribution in [0.5, 0.6) is 0 Å². The minimum absolute atomic E-state index is 0.0184. The van der Waals surface area contributed by atoms with Gasteiger partial charge in [0.1, 0.15) is 0 Å². The number of rotatable bonds is 5. The van der Waals surface area contributed by atoms with Crippen molar-refractivity contribution < 1.29 is 4.79 Å². The van der Waals surface area contributed by atoms with Gasteiger partial charge in [-0.15, -0.1) is 0 Å². The van der Waals surface area contributed by atoms with Crippen LogP contribution in [0.25, 0.3) is 5.69 Å². The Kier molecular flexibility index (Phi) is 6.44. The molecule has 0 aliphatic carbocycles. The number of likely N-dealkylation sites (tertiary alicyclic amines) is 1. The van der Waals surface area contributed by atoms with E-state index >= 15 is 0 Å². The summed E-state index contributed by atoms with van der Waals surface area (Å²) in [7, 11) is 0. The fourth-order valence-corrected chi connectivity index (χ4v) is 4.32. The molecule has 3 aromatic rings. The molecule has 31 heavy (non-hydrogen) atoms. The Morgan fingerprint density at radius 2 is 1.81 bits per heavy atom. The van der Waals surface area contributed by atoms with E-state index in [1.54, 1.807) is 0 Å². The van der Waals surface area contributed by atoms with Crippen LogP contribution in [0.4, 0.5) is 0 Å². The van der Waals surface area contributed by atoms with Gasteiger partial charge in [0, 0.05) is 31.2 Å². The van der Waals surface area contributed by atoms with Crippen molar-refractivity contribution in [3.63, 3.8) is 0 Å². The molecule has 2 aromatic carbocycles. The van der Waals surface area contributed by atoms with Crippen LogP contribution < -0.4 is 5.32 Å². The predicted molar refractivity (Wildman–Crippen MR) is 125 cm³/mol. The fourth-order valence-electron chi connectivity index (χ4n) is 4.20. The maximum absolute atomic E-state index is 12.7. The third-order valence-corrected chi connectivity index (χ3v) is 6.54. The van der Waals surface area contributed by atoms with E-state index in [0.29, 0.717) is 10.6 Å². The number of carbonyl (C=O) groups is 1. The molecule has 162 valence electrons. The van der Waals surface area contributed by atoms with Crippen molar-refractivity contribution >= 4 is 17.5 Å². The van der Waals surface area contributed by atoms with Crippen LogP contribution in [-0.4, -0.2) is 39.7 Å². The molecule has 0 bridgehead atoms. The van der Waals surface area contributed by atoms with Crippen molar-refractivity contribution in [1.82, 2.24) is 20.0 Å². The van der Waals surface area contributed by atoms with E-state index < -0.39 is 0 Å². The summed E-state index contributed by atoms with van der Waals surface area (Å²) in [4.78, 5) is 15.2. The Hall–Kier alpha value is -2.63. The van der Waals surface area contributed by atoms with Gasteiger partial charge < -0.3 is 5.32 Å². The molecule has 2 heterocycles. The normalized spacial score (nSPS) is 15.2. The summed E-state index contributed by atoms with van der Waals surface area (Å²) in [6, 6.07) is 16.4. The molecule has 5 nitrogen and oxygen atoms in total. The smallest absolute Gasteiger partial charge is 0.251 e. The van der Waals surface area contributed by atoms with Gasteiger partial charge in [0.05, 0.1) is 22.1 Å². The standard InChI is InChI=1S/C25H29ClN4O/c1-17-5-4-6-20(15-17)16-29-13-11-22(12-14-29)27-25(31)21-7-9-23(10-8-21)30-19(3)24(26)18(2)28-30/h4-10,15,22H,11-14,16H2,1-3H3,(H,27,31). The number of halogens is 1. The van der Waals surface area contributed by atoms with Crippen LogP contribution in [0.2, 0.25) is 5.02 Å². The summed E-state index contributed by atoms with van der Waals surface area (Å²) in [5, 5.41) is 8.35. The molecule has 0 saturated carbocycles.